The van der Waals surface area contributed by atoms with Gasteiger partial charge in [-0.05, 0) is 31.1 Å². The lowest BCUT2D eigenvalue weighted by molar-refractivity contribution is -0.167. The highest BCUT2D eigenvalue weighted by Crippen LogP contribution is 2.18. The topological polar surface area (TPSA) is 78.9 Å². The number of carbonyl (C=O) groups is 3. The Kier molecular flexibility index (Phi) is 47.6. The molecule has 368 valence electrons. The van der Waals surface area contributed by atoms with Gasteiger partial charge in [-0.15, -0.1) is 0 Å². The summed E-state index contributed by atoms with van der Waals surface area (Å²) in [4.78, 5) is 38.0. The predicted octanol–water partition coefficient (Wildman–Crippen LogP) is 18.1. The standard InChI is InChI=1S/C56H108O6/c1-6-7-8-9-10-24-31-36-41-46-54(57)60-49-53(62-56(59)48-43-38-33-28-23-19-15-17-21-26-30-35-40-45-52(4)5)50-61-55(58)47-42-37-32-27-22-18-14-12-11-13-16-20-25-29-34-39-44-51(2)3/h51-53H,6-50H2,1-5H3/t53-/m1/s1. The van der Waals surface area contributed by atoms with Gasteiger partial charge in [-0.2, -0.15) is 0 Å². The molecule has 0 aromatic carbocycles. The van der Waals surface area contributed by atoms with Crippen LogP contribution in [-0.4, -0.2) is 37.2 Å². The molecule has 0 radical (unpaired) electrons. The molecule has 0 aromatic heterocycles. The molecule has 0 aliphatic rings. The van der Waals surface area contributed by atoms with Crippen molar-refractivity contribution >= 4 is 17.9 Å². The third-order valence-corrected chi connectivity index (χ3v) is 12.7. The Morgan fingerprint density at radius 1 is 0.306 bits per heavy atom. The third kappa shape index (κ3) is 49.4. The zero-order valence-electron chi connectivity index (χ0n) is 42.5. The van der Waals surface area contributed by atoms with Gasteiger partial charge in [-0.1, -0.05) is 272 Å². The highest BCUT2D eigenvalue weighted by Gasteiger charge is 2.19. The van der Waals surface area contributed by atoms with E-state index in [0.717, 1.165) is 69.6 Å². The highest BCUT2D eigenvalue weighted by molar-refractivity contribution is 5.71. The van der Waals surface area contributed by atoms with Crippen LogP contribution in [0.15, 0.2) is 0 Å². The maximum atomic E-state index is 12.8. The van der Waals surface area contributed by atoms with Crippen LogP contribution in [-0.2, 0) is 28.6 Å². The van der Waals surface area contributed by atoms with E-state index in [9.17, 15) is 14.4 Å². The van der Waals surface area contributed by atoms with Gasteiger partial charge in [-0.25, -0.2) is 0 Å². The van der Waals surface area contributed by atoms with Crippen LogP contribution in [0.25, 0.3) is 0 Å². The second kappa shape index (κ2) is 48.9. The van der Waals surface area contributed by atoms with Crippen molar-refractivity contribution in [2.45, 2.75) is 317 Å². The van der Waals surface area contributed by atoms with E-state index in [-0.39, 0.29) is 31.1 Å². The minimum atomic E-state index is -0.761. The van der Waals surface area contributed by atoms with Crippen molar-refractivity contribution in [2.75, 3.05) is 13.2 Å². The Hall–Kier alpha value is -1.59. The van der Waals surface area contributed by atoms with Gasteiger partial charge >= 0.3 is 17.9 Å². The molecule has 0 unspecified atom stereocenters. The molecule has 0 heterocycles. The van der Waals surface area contributed by atoms with Crippen molar-refractivity contribution in [1.29, 1.82) is 0 Å². The molecular weight excluding hydrogens is 769 g/mol. The van der Waals surface area contributed by atoms with Crippen molar-refractivity contribution in [3.8, 4) is 0 Å². The quantitative estimate of drug-likeness (QED) is 0.0344. The number of hydrogen-bond donors (Lipinski definition) is 0. The first-order valence-corrected chi connectivity index (χ1v) is 27.7. The number of carbonyl (C=O) groups excluding carboxylic acids is 3. The van der Waals surface area contributed by atoms with Crippen LogP contribution in [0.2, 0.25) is 0 Å². The van der Waals surface area contributed by atoms with Crippen molar-refractivity contribution in [3.63, 3.8) is 0 Å². The normalized spacial score (nSPS) is 12.0. The average molecular weight is 877 g/mol. The average Bonchev–Trinajstić information content (AvgIpc) is 3.24. The Labute approximate surface area is 387 Å². The summed E-state index contributed by atoms with van der Waals surface area (Å²) in [5.74, 6) is 0.846. The Balaban J connectivity index is 4.22. The fraction of sp³-hybridized carbons (Fsp3) is 0.946. The van der Waals surface area contributed by atoms with Gasteiger partial charge in [0.1, 0.15) is 13.2 Å². The van der Waals surface area contributed by atoms with Gasteiger partial charge in [0.05, 0.1) is 0 Å². The summed E-state index contributed by atoms with van der Waals surface area (Å²) in [5, 5.41) is 0. The van der Waals surface area contributed by atoms with Crippen LogP contribution in [0.4, 0.5) is 0 Å². The lowest BCUT2D eigenvalue weighted by atomic mass is 10.0. The van der Waals surface area contributed by atoms with E-state index in [2.05, 4.69) is 34.6 Å². The Morgan fingerprint density at radius 3 is 0.790 bits per heavy atom. The minimum absolute atomic E-state index is 0.0630. The molecule has 0 fully saturated rings. The van der Waals surface area contributed by atoms with Crippen LogP contribution >= 0.6 is 0 Å². The van der Waals surface area contributed by atoms with E-state index in [4.69, 9.17) is 14.2 Å². The molecule has 0 spiro atoms. The molecule has 0 amide bonds. The molecule has 0 N–H and O–H groups in total. The molecule has 0 rings (SSSR count). The predicted molar refractivity (Wildman–Crippen MR) is 266 cm³/mol. The van der Waals surface area contributed by atoms with Gasteiger partial charge in [0, 0.05) is 19.3 Å². The minimum Gasteiger partial charge on any atom is -0.462 e. The summed E-state index contributed by atoms with van der Waals surface area (Å²) in [5.41, 5.74) is 0. The molecular formula is C56H108O6. The van der Waals surface area contributed by atoms with Crippen LogP contribution < -0.4 is 0 Å². The van der Waals surface area contributed by atoms with Crippen molar-refractivity contribution in [3.05, 3.63) is 0 Å². The fourth-order valence-electron chi connectivity index (χ4n) is 8.52. The molecule has 0 bridgehead atoms. The van der Waals surface area contributed by atoms with E-state index in [0.29, 0.717) is 19.3 Å². The lowest BCUT2D eigenvalue weighted by Gasteiger charge is -2.18. The number of ether oxygens (including phenoxy) is 3. The largest absolute Gasteiger partial charge is 0.462 e. The van der Waals surface area contributed by atoms with Gasteiger partial charge < -0.3 is 14.2 Å². The first-order chi connectivity index (χ1) is 30.2. The molecule has 6 heteroatoms. The van der Waals surface area contributed by atoms with Gasteiger partial charge in [0.25, 0.3) is 0 Å². The summed E-state index contributed by atoms with van der Waals surface area (Å²) in [7, 11) is 0. The van der Waals surface area contributed by atoms with Gasteiger partial charge in [0.15, 0.2) is 6.10 Å². The zero-order valence-corrected chi connectivity index (χ0v) is 42.5. The number of esters is 3. The summed E-state index contributed by atoms with van der Waals surface area (Å²) < 4.78 is 16.8. The fourth-order valence-corrected chi connectivity index (χ4v) is 8.52. The van der Waals surface area contributed by atoms with Crippen LogP contribution in [0, 0.1) is 11.8 Å². The number of rotatable bonds is 50. The summed E-state index contributed by atoms with van der Waals surface area (Å²) in [6.07, 6.45) is 51.0. The van der Waals surface area contributed by atoms with Gasteiger partial charge in [0.2, 0.25) is 0 Å². The van der Waals surface area contributed by atoms with Crippen LogP contribution in [0.3, 0.4) is 0 Å². The molecule has 62 heavy (non-hydrogen) atoms. The monoisotopic (exact) mass is 877 g/mol. The molecule has 0 aliphatic heterocycles. The van der Waals surface area contributed by atoms with Crippen molar-refractivity contribution in [2.24, 2.45) is 11.8 Å². The molecule has 0 aliphatic carbocycles. The molecule has 0 saturated heterocycles. The number of hydrogen-bond acceptors (Lipinski definition) is 6. The summed E-state index contributed by atoms with van der Waals surface area (Å²) in [6, 6.07) is 0. The summed E-state index contributed by atoms with van der Waals surface area (Å²) >= 11 is 0. The lowest BCUT2D eigenvalue weighted by Crippen LogP contribution is -2.30. The van der Waals surface area contributed by atoms with E-state index in [1.54, 1.807) is 0 Å². The molecule has 6 nitrogen and oxygen atoms in total. The maximum absolute atomic E-state index is 12.8. The number of unbranched alkanes of at least 4 members (excludes halogenated alkanes) is 35. The molecule has 1 atom stereocenters. The maximum Gasteiger partial charge on any atom is 0.306 e. The van der Waals surface area contributed by atoms with Crippen molar-refractivity contribution in [1.82, 2.24) is 0 Å². The molecule has 0 aromatic rings. The third-order valence-electron chi connectivity index (χ3n) is 12.7. The van der Waals surface area contributed by atoms with Crippen LogP contribution in [0.5, 0.6) is 0 Å². The second-order valence-electron chi connectivity index (χ2n) is 20.2. The van der Waals surface area contributed by atoms with Crippen molar-refractivity contribution < 1.29 is 28.6 Å². The van der Waals surface area contributed by atoms with E-state index >= 15 is 0 Å². The highest BCUT2D eigenvalue weighted by atomic mass is 16.6. The van der Waals surface area contributed by atoms with E-state index in [1.807, 2.05) is 0 Å². The first-order valence-electron chi connectivity index (χ1n) is 27.7. The Bertz CT molecular complexity index is 947. The smallest absolute Gasteiger partial charge is 0.306 e. The SMILES string of the molecule is CCCCCCCCCCCC(=O)OC[C@H](COC(=O)CCCCCCCCCCCCCCCCCCC(C)C)OC(=O)CCCCCCCCCCCCCCCC(C)C. The van der Waals surface area contributed by atoms with E-state index in [1.165, 1.54) is 199 Å². The Morgan fingerprint density at radius 2 is 0.532 bits per heavy atom. The first kappa shape index (κ1) is 60.4. The molecule has 0 saturated carbocycles. The van der Waals surface area contributed by atoms with Gasteiger partial charge in [-0.3, -0.25) is 14.4 Å². The van der Waals surface area contributed by atoms with E-state index < -0.39 is 6.10 Å². The van der Waals surface area contributed by atoms with Crippen LogP contribution in [0.1, 0.15) is 311 Å². The zero-order chi connectivity index (χ0) is 45.4. The second-order valence-corrected chi connectivity index (χ2v) is 20.2. The summed E-state index contributed by atoms with van der Waals surface area (Å²) in [6.45, 7) is 11.4.